The van der Waals surface area contributed by atoms with E-state index in [2.05, 4.69) is 5.32 Å². The van der Waals surface area contributed by atoms with Crippen LogP contribution in [0.2, 0.25) is 5.02 Å². The number of carbonyl (C=O) groups excluding carboxylic acids is 1. The van der Waals surface area contributed by atoms with Gasteiger partial charge in [0, 0.05) is 10.7 Å². The lowest BCUT2D eigenvalue weighted by Gasteiger charge is -2.09. The Hall–Kier alpha value is -2.00. The molecule has 0 heterocycles. The van der Waals surface area contributed by atoms with Gasteiger partial charge in [-0.3, -0.25) is 4.79 Å². The molecule has 0 fully saturated rings. The number of benzene rings is 2. The summed E-state index contributed by atoms with van der Waals surface area (Å²) in [4.78, 5) is 11.8. The molecule has 0 saturated heterocycles. The van der Waals surface area contributed by atoms with E-state index in [1.54, 1.807) is 24.3 Å². The zero-order chi connectivity index (χ0) is 14.4. The second-order valence-electron chi connectivity index (χ2n) is 4.42. The van der Waals surface area contributed by atoms with Crippen molar-refractivity contribution in [3.63, 3.8) is 0 Å². The summed E-state index contributed by atoms with van der Waals surface area (Å²) >= 11 is 5.85. The molecule has 2 aromatic carbocycles. The summed E-state index contributed by atoms with van der Waals surface area (Å²) in [5.41, 5.74) is 1.75. The Kier molecular flexibility index (Phi) is 5.02. The highest BCUT2D eigenvalue weighted by Gasteiger charge is 2.04. The zero-order valence-electron chi connectivity index (χ0n) is 11.2. The number of aryl methyl sites for hydroxylation is 1. The van der Waals surface area contributed by atoms with E-state index in [1.807, 2.05) is 31.2 Å². The molecule has 0 bridgehead atoms. The average molecular weight is 290 g/mol. The van der Waals surface area contributed by atoms with Gasteiger partial charge in [0.15, 0.2) is 0 Å². The quantitative estimate of drug-likeness (QED) is 0.901. The molecule has 0 aromatic heterocycles. The van der Waals surface area contributed by atoms with E-state index in [0.717, 1.165) is 11.3 Å². The highest BCUT2D eigenvalue weighted by molar-refractivity contribution is 6.30. The van der Waals surface area contributed by atoms with Crippen LogP contribution in [0.1, 0.15) is 12.0 Å². The maximum atomic E-state index is 11.8. The number of para-hydroxylation sites is 1. The van der Waals surface area contributed by atoms with E-state index < -0.39 is 0 Å². The maximum absolute atomic E-state index is 11.8. The lowest BCUT2D eigenvalue weighted by atomic mass is 10.2. The minimum atomic E-state index is -0.0964. The van der Waals surface area contributed by atoms with Crippen LogP contribution in [0.3, 0.4) is 0 Å². The van der Waals surface area contributed by atoms with Gasteiger partial charge in [0.25, 0.3) is 0 Å². The Balaban J connectivity index is 1.80. The maximum Gasteiger partial charge on any atom is 0.227 e. The van der Waals surface area contributed by atoms with Gasteiger partial charge >= 0.3 is 0 Å². The first-order valence-corrected chi connectivity index (χ1v) is 6.77. The lowest BCUT2D eigenvalue weighted by molar-refractivity contribution is -0.116. The predicted octanol–water partition coefficient (Wildman–Crippen LogP) is 4.06. The topological polar surface area (TPSA) is 38.3 Å². The van der Waals surface area contributed by atoms with Crippen molar-refractivity contribution < 1.29 is 9.53 Å². The first-order valence-electron chi connectivity index (χ1n) is 6.39. The molecule has 2 aromatic rings. The number of ether oxygens (including phenoxy) is 1. The normalized spacial score (nSPS) is 10.1. The number of carbonyl (C=O) groups is 1. The molecule has 3 nitrogen and oxygen atoms in total. The smallest absolute Gasteiger partial charge is 0.227 e. The first kappa shape index (κ1) is 14.4. The molecule has 4 heteroatoms. The number of anilines is 1. The van der Waals surface area contributed by atoms with Crippen molar-refractivity contribution in [2.75, 3.05) is 11.9 Å². The molecular weight excluding hydrogens is 274 g/mol. The van der Waals surface area contributed by atoms with Gasteiger partial charge in [-0.1, -0.05) is 35.9 Å². The summed E-state index contributed by atoms with van der Waals surface area (Å²) in [5, 5.41) is 3.38. The van der Waals surface area contributed by atoms with Gasteiger partial charge in [-0.25, -0.2) is 0 Å². The van der Waals surface area contributed by atoms with Gasteiger partial charge in [0.2, 0.25) is 5.91 Å². The van der Waals surface area contributed by atoms with Crippen molar-refractivity contribution in [3.8, 4) is 5.75 Å². The molecule has 0 aliphatic rings. The van der Waals surface area contributed by atoms with E-state index in [-0.39, 0.29) is 5.91 Å². The van der Waals surface area contributed by atoms with Crippen LogP contribution in [0.15, 0.2) is 48.5 Å². The standard InChI is InChI=1S/C16H16ClNO2/c1-12-5-2-3-8-15(12)20-10-9-16(19)18-14-7-4-6-13(17)11-14/h2-8,11H,9-10H2,1H3,(H,18,19). The van der Waals surface area contributed by atoms with Gasteiger partial charge in [0.05, 0.1) is 13.0 Å². The van der Waals surface area contributed by atoms with Crippen molar-refractivity contribution in [2.45, 2.75) is 13.3 Å². The third kappa shape index (κ3) is 4.28. The number of rotatable bonds is 5. The second-order valence-corrected chi connectivity index (χ2v) is 4.86. The molecule has 1 amide bonds. The molecule has 0 aliphatic carbocycles. The number of amides is 1. The summed E-state index contributed by atoms with van der Waals surface area (Å²) in [7, 11) is 0. The van der Waals surface area contributed by atoms with Crippen LogP contribution in [0, 0.1) is 6.92 Å². The molecule has 0 atom stereocenters. The van der Waals surface area contributed by atoms with E-state index >= 15 is 0 Å². The van der Waals surface area contributed by atoms with Crippen LogP contribution in [0.25, 0.3) is 0 Å². The molecule has 0 spiro atoms. The van der Waals surface area contributed by atoms with E-state index in [4.69, 9.17) is 16.3 Å². The predicted molar refractivity (Wildman–Crippen MR) is 81.4 cm³/mol. The number of halogens is 1. The molecule has 0 radical (unpaired) electrons. The van der Waals surface area contributed by atoms with Gasteiger partial charge in [-0.15, -0.1) is 0 Å². The Morgan fingerprint density at radius 1 is 1.20 bits per heavy atom. The molecule has 0 aliphatic heterocycles. The molecule has 1 N–H and O–H groups in total. The van der Waals surface area contributed by atoms with Gasteiger partial charge in [-0.2, -0.15) is 0 Å². The van der Waals surface area contributed by atoms with Crippen LogP contribution in [0.5, 0.6) is 5.75 Å². The van der Waals surface area contributed by atoms with Crippen molar-refractivity contribution in [3.05, 3.63) is 59.1 Å². The fourth-order valence-corrected chi connectivity index (χ4v) is 1.95. The Bertz CT molecular complexity index is 599. The van der Waals surface area contributed by atoms with Crippen molar-refractivity contribution in [1.82, 2.24) is 0 Å². The second kappa shape index (κ2) is 6.96. The average Bonchev–Trinajstić information content (AvgIpc) is 2.41. The monoisotopic (exact) mass is 289 g/mol. The van der Waals surface area contributed by atoms with E-state index in [9.17, 15) is 4.79 Å². The highest BCUT2D eigenvalue weighted by atomic mass is 35.5. The van der Waals surface area contributed by atoms with Crippen LogP contribution in [-0.4, -0.2) is 12.5 Å². The van der Waals surface area contributed by atoms with Crippen molar-refractivity contribution in [2.24, 2.45) is 0 Å². The summed E-state index contributed by atoms with van der Waals surface area (Å²) in [5.74, 6) is 0.712. The largest absolute Gasteiger partial charge is 0.493 e. The highest BCUT2D eigenvalue weighted by Crippen LogP contribution is 2.17. The van der Waals surface area contributed by atoms with Gasteiger partial charge < -0.3 is 10.1 Å². The van der Waals surface area contributed by atoms with Crippen LogP contribution in [-0.2, 0) is 4.79 Å². The number of hydrogen-bond acceptors (Lipinski definition) is 2. The summed E-state index contributed by atoms with van der Waals surface area (Å²) < 4.78 is 5.58. The first-order chi connectivity index (χ1) is 9.65. The van der Waals surface area contributed by atoms with Crippen LogP contribution >= 0.6 is 11.6 Å². The fraction of sp³-hybridized carbons (Fsp3) is 0.188. The van der Waals surface area contributed by atoms with Crippen LogP contribution < -0.4 is 10.1 Å². The number of hydrogen-bond donors (Lipinski definition) is 1. The molecule has 2 rings (SSSR count). The SMILES string of the molecule is Cc1ccccc1OCCC(=O)Nc1cccc(Cl)c1. The van der Waals surface area contributed by atoms with Crippen LogP contribution in [0.4, 0.5) is 5.69 Å². The lowest BCUT2D eigenvalue weighted by Crippen LogP contribution is -2.15. The van der Waals surface area contributed by atoms with Crippen molar-refractivity contribution >= 4 is 23.2 Å². The Morgan fingerprint density at radius 3 is 2.75 bits per heavy atom. The third-order valence-corrected chi connectivity index (χ3v) is 3.02. The Labute approximate surface area is 123 Å². The Morgan fingerprint density at radius 2 is 2.00 bits per heavy atom. The molecule has 104 valence electrons. The third-order valence-electron chi connectivity index (χ3n) is 2.79. The van der Waals surface area contributed by atoms with Crippen molar-refractivity contribution in [1.29, 1.82) is 0 Å². The minimum absolute atomic E-state index is 0.0964. The molecule has 20 heavy (non-hydrogen) atoms. The fourth-order valence-electron chi connectivity index (χ4n) is 1.76. The molecule has 0 saturated carbocycles. The summed E-state index contributed by atoms with van der Waals surface area (Å²) in [6, 6.07) is 14.8. The van der Waals surface area contributed by atoms with E-state index in [0.29, 0.717) is 23.7 Å². The summed E-state index contributed by atoms with van der Waals surface area (Å²) in [6.45, 7) is 2.32. The molecule has 0 unspecified atom stereocenters. The zero-order valence-corrected chi connectivity index (χ0v) is 12.0. The van der Waals surface area contributed by atoms with E-state index in [1.165, 1.54) is 0 Å². The van der Waals surface area contributed by atoms with Gasteiger partial charge in [0.1, 0.15) is 5.75 Å². The number of nitrogens with one attached hydrogen (secondary N) is 1. The van der Waals surface area contributed by atoms with Gasteiger partial charge in [-0.05, 0) is 36.8 Å². The molecular formula is C16H16ClNO2. The minimum Gasteiger partial charge on any atom is -0.493 e. The summed E-state index contributed by atoms with van der Waals surface area (Å²) in [6.07, 6.45) is 0.293.